The molecule has 2 aromatic heterocycles. The predicted molar refractivity (Wildman–Crippen MR) is 167 cm³/mol. The quantitative estimate of drug-likeness (QED) is 0.208. The molecule has 0 spiro atoms. The minimum Gasteiger partial charge on any atom is -0.383 e. The van der Waals surface area contributed by atoms with Crippen molar-refractivity contribution in [1.29, 1.82) is 5.26 Å². The Morgan fingerprint density at radius 1 is 0.767 bits per heavy atom. The molecule has 14 nitrogen and oxygen atoms in total. The Balaban J connectivity index is 2.18. The summed E-state index contributed by atoms with van der Waals surface area (Å²) in [6, 6.07) is 2.22. The zero-order chi connectivity index (χ0) is 30.9. The Hall–Kier alpha value is -3.09. The normalized spacial score (nSPS) is 13.8. The number of hydrogen-bond acceptors (Lipinski definition) is 14. The Bertz CT molecular complexity index is 1110. The SMILES string of the molecule is COCCN(CCOC)c1nc(N2CCC(OC)CC2)c2nc(N(CCOC)CCOC)nc(NCCCCC#N)c2n1. The third-order valence-electron chi connectivity index (χ3n) is 7.41. The predicted octanol–water partition coefficient (Wildman–Crippen LogP) is 2.34. The summed E-state index contributed by atoms with van der Waals surface area (Å²) in [7, 11) is 8.50. The number of aromatic nitrogens is 4. The highest BCUT2D eigenvalue weighted by Crippen LogP contribution is 2.32. The van der Waals surface area contributed by atoms with Gasteiger partial charge in [0.1, 0.15) is 11.0 Å². The molecule has 2 aromatic rings. The van der Waals surface area contributed by atoms with Crippen LogP contribution in [-0.2, 0) is 23.7 Å². The van der Waals surface area contributed by atoms with Gasteiger partial charge in [-0.05, 0) is 25.7 Å². The second-order valence-corrected chi connectivity index (χ2v) is 10.3. The summed E-state index contributed by atoms with van der Waals surface area (Å²) >= 11 is 0. The van der Waals surface area contributed by atoms with E-state index in [-0.39, 0.29) is 6.10 Å². The molecule has 240 valence electrons. The van der Waals surface area contributed by atoms with Gasteiger partial charge in [-0.1, -0.05) is 0 Å². The lowest BCUT2D eigenvalue weighted by molar-refractivity contribution is 0.0818. The van der Waals surface area contributed by atoms with Crippen LogP contribution >= 0.6 is 0 Å². The summed E-state index contributed by atoms with van der Waals surface area (Å²) in [5.74, 6) is 2.53. The van der Waals surface area contributed by atoms with Crippen molar-refractivity contribution in [2.24, 2.45) is 0 Å². The molecule has 0 unspecified atom stereocenters. The fourth-order valence-electron chi connectivity index (χ4n) is 4.87. The van der Waals surface area contributed by atoms with Crippen molar-refractivity contribution in [3.8, 4) is 6.07 Å². The van der Waals surface area contributed by atoms with E-state index < -0.39 is 0 Å². The molecule has 0 aliphatic carbocycles. The smallest absolute Gasteiger partial charge is 0.228 e. The van der Waals surface area contributed by atoms with Gasteiger partial charge in [0.25, 0.3) is 0 Å². The van der Waals surface area contributed by atoms with Gasteiger partial charge in [-0.2, -0.15) is 15.2 Å². The van der Waals surface area contributed by atoms with E-state index >= 15 is 0 Å². The van der Waals surface area contributed by atoms with Crippen molar-refractivity contribution in [1.82, 2.24) is 19.9 Å². The lowest BCUT2D eigenvalue weighted by Crippen LogP contribution is -2.38. The maximum absolute atomic E-state index is 8.99. The number of ether oxygens (including phenoxy) is 5. The lowest BCUT2D eigenvalue weighted by Gasteiger charge is -2.33. The first-order chi connectivity index (χ1) is 21.1. The van der Waals surface area contributed by atoms with Crippen LogP contribution in [-0.4, -0.2) is 134 Å². The van der Waals surface area contributed by atoms with E-state index in [0.717, 1.165) is 44.6 Å². The van der Waals surface area contributed by atoms with Crippen LogP contribution in [0.2, 0.25) is 0 Å². The number of unbranched alkanes of at least 4 members (excludes halogenated alkanes) is 2. The van der Waals surface area contributed by atoms with E-state index in [2.05, 4.69) is 26.1 Å². The summed E-state index contributed by atoms with van der Waals surface area (Å²) in [4.78, 5) is 26.7. The van der Waals surface area contributed by atoms with E-state index in [0.29, 0.717) is 94.3 Å². The second kappa shape index (κ2) is 19.2. The Morgan fingerprint density at radius 3 is 1.81 bits per heavy atom. The molecule has 1 N–H and O–H groups in total. The summed E-state index contributed by atoms with van der Waals surface area (Å²) in [6.45, 7) is 6.70. The fraction of sp³-hybridized carbons (Fsp3) is 0.759. The molecule has 1 saturated heterocycles. The van der Waals surface area contributed by atoms with Crippen LogP contribution in [0.15, 0.2) is 0 Å². The first-order valence-corrected chi connectivity index (χ1v) is 15.0. The van der Waals surface area contributed by atoms with Gasteiger partial charge >= 0.3 is 0 Å². The molecule has 3 heterocycles. The Kier molecular flexibility index (Phi) is 15.4. The van der Waals surface area contributed by atoms with Crippen LogP contribution in [0.1, 0.15) is 32.1 Å². The van der Waals surface area contributed by atoms with Crippen LogP contribution in [0, 0.1) is 11.3 Å². The highest BCUT2D eigenvalue weighted by molar-refractivity contribution is 5.95. The fourth-order valence-corrected chi connectivity index (χ4v) is 4.87. The second-order valence-electron chi connectivity index (χ2n) is 10.3. The average Bonchev–Trinajstić information content (AvgIpc) is 3.04. The Labute approximate surface area is 255 Å². The minimum atomic E-state index is 0.220. The molecule has 0 amide bonds. The standard InChI is InChI=1S/C29H49N9O5/c1-39-19-15-37(16-20-40-2)28-33-25-24(26(34-28)31-12-8-6-7-11-30)32-29(38(17-21-41-3)18-22-42-4)35-27(25)36-13-9-23(43-5)10-14-36/h23H,6-10,12-22H2,1-5H3,(H,31,33,34). The summed E-state index contributed by atoms with van der Waals surface area (Å²) in [5, 5.41) is 12.5. The number of fused-ring (bicyclic) bond motifs is 1. The number of nitrogens with one attached hydrogen (secondary N) is 1. The zero-order valence-corrected chi connectivity index (χ0v) is 26.5. The lowest BCUT2D eigenvalue weighted by atomic mass is 10.1. The molecular weight excluding hydrogens is 554 g/mol. The molecule has 1 fully saturated rings. The number of hydrogen-bond donors (Lipinski definition) is 1. The van der Waals surface area contributed by atoms with E-state index in [1.54, 1.807) is 35.5 Å². The van der Waals surface area contributed by atoms with Gasteiger partial charge in [-0.15, -0.1) is 0 Å². The molecule has 0 atom stereocenters. The van der Waals surface area contributed by atoms with E-state index in [1.807, 2.05) is 0 Å². The van der Waals surface area contributed by atoms with Crippen LogP contribution in [0.4, 0.5) is 23.5 Å². The van der Waals surface area contributed by atoms with Crippen LogP contribution in [0.5, 0.6) is 0 Å². The Morgan fingerprint density at radius 2 is 1.30 bits per heavy atom. The molecule has 3 rings (SSSR count). The summed E-state index contributed by atoms with van der Waals surface area (Å²) in [5.41, 5.74) is 1.33. The largest absolute Gasteiger partial charge is 0.383 e. The molecule has 43 heavy (non-hydrogen) atoms. The van der Waals surface area contributed by atoms with Gasteiger partial charge < -0.3 is 43.7 Å². The van der Waals surface area contributed by atoms with Gasteiger partial charge in [-0.3, -0.25) is 0 Å². The monoisotopic (exact) mass is 603 g/mol. The molecule has 1 aliphatic heterocycles. The molecule has 0 radical (unpaired) electrons. The first-order valence-electron chi connectivity index (χ1n) is 15.0. The third-order valence-corrected chi connectivity index (χ3v) is 7.41. The summed E-state index contributed by atoms with van der Waals surface area (Å²) < 4.78 is 27.2. The van der Waals surface area contributed by atoms with Gasteiger partial charge in [0.05, 0.1) is 38.6 Å². The van der Waals surface area contributed by atoms with Crippen LogP contribution in [0.3, 0.4) is 0 Å². The van der Waals surface area contributed by atoms with Crippen molar-refractivity contribution in [3.63, 3.8) is 0 Å². The van der Waals surface area contributed by atoms with Crippen molar-refractivity contribution in [2.75, 3.05) is 128 Å². The molecule has 0 saturated carbocycles. The average molecular weight is 604 g/mol. The maximum Gasteiger partial charge on any atom is 0.228 e. The van der Waals surface area contributed by atoms with Gasteiger partial charge in [0, 0.05) is 87.8 Å². The molecule has 0 aromatic carbocycles. The topological polar surface area (TPSA) is 143 Å². The van der Waals surface area contributed by atoms with Gasteiger partial charge in [-0.25, -0.2) is 9.97 Å². The van der Waals surface area contributed by atoms with E-state index in [9.17, 15) is 0 Å². The number of nitrogens with zero attached hydrogens (tertiary/aromatic N) is 8. The van der Waals surface area contributed by atoms with Crippen molar-refractivity contribution >= 4 is 34.6 Å². The van der Waals surface area contributed by atoms with E-state index in [1.165, 1.54) is 0 Å². The zero-order valence-electron chi connectivity index (χ0n) is 26.5. The highest BCUT2D eigenvalue weighted by atomic mass is 16.5. The molecule has 0 bridgehead atoms. The minimum absolute atomic E-state index is 0.220. The third kappa shape index (κ3) is 10.3. The number of rotatable bonds is 21. The van der Waals surface area contributed by atoms with Gasteiger partial charge in [0.15, 0.2) is 11.6 Å². The van der Waals surface area contributed by atoms with Gasteiger partial charge in [0.2, 0.25) is 11.9 Å². The van der Waals surface area contributed by atoms with Crippen LogP contribution < -0.4 is 20.0 Å². The van der Waals surface area contributed by atoms with Crippen molar-refractivity contribution < 1.29 is 23.7 Å². The number of methoxy groups -OCH3 is 5. The van der Waals surface area contributed by atoms with E-state index in [4.69, 9.17) is 48.9 Å². The molecule has 1 aliphatic rings. The maximum atomic E-state index is 8.99. The highest BCUT2D eigenvalue weighted by Gasteiger charge is 2.27. The molecular formula is C29H49N9O5. The molecule has 14 heteroatoms. The van der Waals surface area contributed by atoms with Crippen LogP contribution in [0.25, 0.3) is 11.0 Å². The summed E-state index contributed by atoms with van der Waals surface area (Å²) in [6.07, 6.45) is 4.15. The number of anilines is 4. The first kappa shape index (κ1) is 34.4. The van der Waals surface area contributed by atoms with Crippen molar-refractivity contribution in [2.45, 2.75) is 38.2 Å². The number of piperidine rings is 1. The van der Waals surface area contributed by atoms with Crippen molar-refractivity contribution in [3.05, 3.63) is 0 Å². The number of nitriles is 1.